The van der Waals surface area contributed by atoms with Gasteiger partial charge in [-0.2, -0.15) is 0 Å². The summed E-state index contributed by atoms with van der Waals surface area (Å²) in [5.41, 5.74) is -2.28. The van der Waals surface area contributed by atoms with Gasteiger partial charge in [0.15, 0.2) is 11.6 Å². The molecule has 2 fully saturated rings. The standard InChI is InChI=1S/C29H43F5N2O3/c1-35-18-21(14-20-7-10-28(33,34)11-8-20)15-26(37)36-12-5-6-22(19-36)29(38,9-3-4-13-39-2)24-16-23(30)17-25(31)27(24)32/h16-17,20-22,35,38H,3-15,18-19H2,1-2H3/t21-,22-,29+/m1/s1. The van der Waals surface area contributed by atoms with E-state index in [4.69, 9.17) is 4.74 Å². The lowest BCUT2D eigenvalue weighted by Gasteiger charge is -2.43. The molecule has 1 aromatic rings. The Labute approximate surface area is 228 Å². The van der Waals surface area contributed by atoms with Crippen LogP contribution in [0.25, 0.3) is 0 Å². The molecule has 1 aromatic carbocycles. The molecule has 10 heteroatoms. The maximum absolute atomic E-state index is 14.9. The smallest absolute Gasteiger partial charge is 0.248 e. The van der Waals surface area contributed by atoms with E-state index in [1.54, 1.807) is 19.1 Å². The molecule has 0 radical (unpaired) electrons. The molecule has 0 bridgehead atoms. The number of carbonyl (C=O) groups excluding carboxylic acids is 1. The van der Waals surface area contributed by atoms with Crippen LogP contribution in [0.1, 0.15) is 76.2 Å². The summed E-state index contributed by atoms with van der Waals surface area (Å²) in [5.74, 6) is -6.82. The van der Waals surface area contributed by atoms with Gasteiger partial charge in [-0.05, 0) is 82.9 Å². The lowest BCUT2D eigenvalue weighted by atomic mass is 9.73. The first kappa shape index (κ1) is 31.7. The zero-order valence-electron chi connectivity index (χ0n) is 23.1. The summed E-state index contributed by atoms with van der Waals surface area (Å²) in [7, 11) is 3.34. The molecule has 1 saturated carbocycles. The highest BCUT2D eigenvalue weighted by molar-refractivity contribution is 5.76. The number of hydrogen-bond donors (Lipinski definition) is 2. The van der Waals surface area contributed by atoms with E-state index in [0.717, 1.165) is 6.07 Å². The van der Waals surface area contributed by atoms with E-state index in [-0.39, 0.29) is 50.0 Å². The molecule has 0 unspecified atom stereocenters. The number of alkyl halides is 2. The van der Waals surface area contributed by atoms with E-state index in [0.29, 0.717) is 70.7 Å². The number of nitrogens with zero attached hydrogens (tertiary/aromatic N) is 1. The van der Waals surface area contributed by atoms with Crippen LogP contribution in [0.4, 0.5) is 22.0 Å². The summed E-state index contributed by atoms with van der Waals surface area (Å²) in [6, 6.07) is 1.31. The average Bonchev–Trinajstić information content (AvgIpc) is 2.90. The van der Waals surface area contributed by atoms with E-state index in [1.165, 1.54) is 0 Å². The number of ether oxygens (including phenoxy) is 1. The van der Waals surface area contributed by atoms with Gasteiger partial charge in [-0.1, -0.05) is 0 Å². The number of piperidine rings is 1. The molecular formula is C29H43F5N2O3. The quantitative estimate of drug-likeness (QED) is 0.182. The zero-order valence-corrected chi connectivity index (χ0v) is 23.1. The summed E-state index contributed by atoms with van der Waals surface area (Å²) < 4.78 is 75.5. The van der Waals surface area contributed by atoms with Crippen LogP contribution in [0.2, 0.25) is 0 Å². The Hall–Kier alpha value is -1.78. The van der Waals surface area contributed by atoms with Gasteiger partial charge in [0.2, 0.25) is 11.8 Å². The molecule has 0 aromatic heterocycles. The molecule has 3 atom stereocenters. The van der Waals surface area contributed by atoms with Gasteiger partial charge in [0.1, 0.15) is 5.82 Å². The number of amides is 1. The second-order valence-electron chi connectivity index (χ2n) is 11.5. The van der Waals surface area contributed by atoms with Gasteiger partial charge in [-0.3, -0.25) is 4.79 Å². The Morgan fingerprint density at radius 2 is 1.92 bits per heavy atom. The Balaban J connectivity index is 1.73. The third-order valence-corrected chi connectivity index (χ3v) is 8.52. The van der Waals surface area contributed by atoms with Crippen molar-refractivity contribution in [2.24, 2.45) is 17.8 Å². The number of hydrogen-bond acceptors (Lipinski definition) is 4. The number of rotatable bonds is 13. The van der Waals surface area contributed by atoms with E-state index in [9.17, 15) is 31.9 Å². The number of nitrogens with one attached hydrogen (secondary N) is 1. The summed E-state index contributed by atoms with van der Waals surface area (Å²) in [6.07, 6.45) is 3.67. The van der Waals surface area contributed by atoms with Crippen molar-refractivity contribution in [3.63, 3.8) is 0 Å². The number of benzene rings is 1. The van der Waals surface area contributed by atoms with E-state index >= 15 is 0 Å². The third-order valence-electron chi connectivity index (χ3n) is 8.52. The van der Waals surface area contributed by atoms with Gasteiger partial charge in [0.25, 0.3) is 0 Å². The Kier molecular flexibility index (Phi) is 11.6. The molecule has 1 aliphatic carbocycles. The maximum atomic E-state index is 14.9. The van der Waals surface area contributed by atoms with Crippen LogP contribution in [0.3, 0.4) is 0 Å². The number of likely N-dealkylation sites (tertiary alicyclic amines) is 1. The predicted molar refractivity (Wildman–Crippen MR) is 139 cm³/mol. The van der Waals surface area contributed by atoms with Crippen molar-refractivity contribution in [1.29, 1.82) is 0 Å². The predicted octanol–water partition coefficient (Wildman–Crippen LogP) is 5.79. The van der Waals surface area contributed by atoms with Crippen molar-refractivity contribution in [2.75, 3.05) is 40.4 Å². The number of carbonyl (C=O) groups is 1. The molecule has 1 aliphatic heterocycles. The van der Waals surface area contributed by atoms with E-state index in [1.807, 2.05) is 0 Å². The molecule has 5 nitrogen and oxygen atoms in total. The van der Waals surface area contributed by atoms with Gasteiger partial charge >= 0.3 is 0 Å². The highest BCUT2D eigenvalue weighted by Gasteiger charge is 2.44. The fourth-order valence-electron chi connectivity index (χ4n) is 6.37. The fourth-order valence-corrected chi connectivity index (χ4v) is 6.37. The van der Waals surface area contributed by atoms with Gasteiger partial charge in [0, 0.05) is 63.6 Å². The number of unbranched alkanes of at least 4 members (excludes halogenated alkanes) is 1. The van der Waals surface area contributed by atoms with Crippen molar-refractivity contribution in [3.05, 3.63) is 35.1 Å². The highest BCUT2D eigenvalue weighted by atomic mass is 19.3. The van der Waals surface area contributed by atoms with Crippen LogP contribution in [-0.4, -0.2) is 62.2 Å². The Morgan fingerprint density at radius 3 is 2.59 bits per heavy atom. The van der Waals surface area contributed by atoms with Gasteiger partial charge in [0.05, 0.1) is 5.60 Å². The summed E-state index contributed by atoms with van der Waals surface area (Å²) in [5, 5.41) is 14.9. The van der Waals surface area contributed by atoms with Crippen molar-refractivity contribution in [2.45, 2.75) is 82.2 Å². The molecule has 3 rings (SSSR count). The van der Waals surface area contributed by atoms with Crippen LogP contribution in [0.5, 0.6) is 0 Å². The minimum absolute atomic E-state index is 0.0257. The van der Waals surface area contributed by atoms with Crippen LogP contribution < -0.4 is 5.32 Å². The molecule has 1 heterocycles. The van der Waals surface area contributed by atoms with Crippen molar-refractivity contribution >= 4 is 5.91 Å². The largest absolute Gasteiger partial charge is 0.385 e. The molecule has 1 saturated heterocycles. The maximum Gasteiger partial charge on any atom is 0.248 e. The molecule has 2 aliphatic rings. The minimum atomic E-state index is -2.60. The molecule has 0 spiro atoms. The van der Waals surface area contributed by atoms with Gasteiger partial charge < -0.3 is 20.1 Å². The number of aliphatic hydroxyl groups is 1. The Morgan fingerprint density at radius 1 is 1.21 bits per heavy atom. The van der Waals surface area contributed by atoms with Gasteiger partial charge in [-0.15, -0.1) is 0 Å². The normalized spacial score (nSPS) is 22.5. The lowest BCUT2D eigenvalue weighted by Crippen LogP contribution is -2.49. The Bertz CT molecular complexity index is 940. The second-order valence-corrected chi connectivity index (χ2v) is 11.5. The summed E-state index contributed by atoms with van der Waals surface area (Å²) in [6.45, 7) is 1.61. The van der Waals surface area contributed by atoms with Crippen molar-refractivity contribution in [1.82, 2.24) is 10.2 Å². The molecular weight excluding hydrogens is 519 g/mol. The molecule has 2 N–H and O–H groups in total. The van der Waals surface area contributed by atoms with Crippen molar-refractivity contribution in [3.8, 4) is 0 Å². The first-order chi connectivity index (χ1) is 18.5. The summed E-state index contributed by atoms with van der Waals surface area (Å²) >= 11 is 0. The van der Waals surface area contributed by atoms with Crippen molar-refractivity contribution < 1.29 is 36.6 Å². The topological polar surface area (TPSA) is 61.8 Å². The second kappa shape index (κ2) is 14.2. The van der Waals surface area contributed by atoms with Crippen LogP contribution in [0.15, 0.2) is 12.1 Å². The van der Waals surface area contributed by atoms with E-state index < -0.39 is 40.5 Å². The molecule has 222 valence electrons. The average molecular weight is 563 g/mol. The van der Waals surface area contributed by atoms with E-state index in [2.05, 4.69) is 5.32 Å². The molecule has 1 amide bonds. The van der Waals surface area contributed by atoms with Crippen LogP contribution in [-0.2, 0) is 15.1 Å². The summed E-state index contributed by atoms with van der Waals surface area (Å²) in [4.78, 5) is 15.0. The number of halogens is 5. The minimum Gasteiger partial charge on any atom is -0.385 e. The molecule has 39 heavy (non-hydrogen) atoms. The fraction of sp³-hybridized carbons (Fsp3) is 0.759. The third kappa shape index (κ3) is 8.60. The zero-order chi connectivity index (χ0) is 28.6. The highest BCUT2D eigenvalue weighted by Crippen LogP contribution is 2.42. The van der Waals surface area contributed by atoms with Crippen LogP contribution in [0, 0.1) is 35.2 Å². The number of methoxy groups -OCH3 is 1. The van der Waals surface area contributed by atoms with Gasteiger partial charge in [-0.25, -0.2) is 22.0 Å². The SMILES string of the molecule is CNC[C@@H](CC(=O)N1CCC[C@@H]([C@@](O)(CCCCOC)c2cc(F)cc(F)c2F)C1)CC1CCC(F)(F)CC1. The first-order valence-corrected chi connectivity index (χ1v) is 14.2. The van der Waals surface area contributed by atoms with Crippen LogP contribution >= 0.6 is 0 Å². The monoisotopic (exact) mass is 562 g/mol. The lowest BCUT2D eigenvalue weighted by molar-refractivity contribution is -0.138. The first-order valence-electron chi connectivity index (χ1n) is 14.2.